The molecule has 5 aromatic rings. The van der Waals surface area contributed by atoms with Gasteiger partial charge >= 0.3 is 0 Å². The molecule has 0 N–H and O–H groups in total. The van der Waals surface area contributed by atoms with Gasteiger partial charge in [0.25, 0.3) is 17.1 Å². The van der Waals surface area contributed by atoms with Crippen molar-refractivity contribution in [3.8, 4) is 63.2 Å². The van der Waals surface area contributed by atoms with Gasteiger partial charge in [-0.25, -0.2) is 70.2 Å². The van der Waals surface area contributed by atoms with Crippen molar-refractivity contribution in [3.05, 3.63) is 132 Å². The van der Waals surface area contributed by atoms with E-state index in [9.17, 15) is 28.1 Å². The zero-order valence-corrected chi connectivity index (χ0v) is 26.1. The van der Waals surface area contributed by atoms with E-state index >= 15 is 17.6 Å². The first-order valence-electron chi connectivity index (χ1n) is 14.6. The molecular weight excluding hydrogens is 724 g/mol. The van der Waals surface area contributed by atoms with Gasteiger partial charge in [-0.15, -0.1) is 0 Å². The van der Waals surface area contributed by atoms with Crippen LogP contribution in [0.4, 0.5) is 40.8 Å². The second kappa shape index (κ2) is 12.3. The zero-order valence-electron chi connectivity index (χ0n) is 26.1. The lowest BCUT2D eigenvalue weighted by Gasteiger charge is -2.13. The van der Waals surface area contributed by atoms with Crippen molar-refractivity contribution in [2.24, 2.45) is 0 Å². The van der Waals surface area contributed by atoms with Crippen LogP contribution in [-0.2, 0) is 12.8 Å². The molecule has 7 rings (SSSR count). The van der Waals surface area contributed by atoms with Crippen molar-refractivity contribution < 1.29 is 35.1 Å². The summed E-state index contributed by atoms with van der Waals surface area (Å²) >= 11 is 0. The minimum atomic E-state index is -2.03. The van der Waals surface area contributed by atoms with Crippen LogP contribution in [0.3, 0.4) is 0 Å². The molecule has 2 aromatic heterocycles. The van der Waals surface area contributed by atoms with E-state index in [1.54, 1.807) is 12.1 Å². The maximum Gasteiger partial charge on any atom is 0.270 e. The average molecular weight is 730 g/mol. The predicted octanol–water partition coefficient (Wildman–Crippen LogP) is 6.38. The maximum atomic E-state index is 15.2. The molecule has 2 aliphatic rings. The third kappa shape index (κ3) is 4.52. The first-order chi connectivity index (χ1) is 25.9. The summed E-state index contributed by atoms with van der Waals surface area (Å²) < 4.78 is 119. The van der Waals surface area contributed by atoms with Crippen molar-refractivity contribution >= 4 is 17.1 Å². The van der Waals surface area contributed by atoms with Crippen LogP contribution in [0.5, 0.6) is 0 Å². The quantitative estimate of drug-likeness (QED) is 0.114. The molecule has 0 amide bonds. The normalized spacial score (nSPS) is 12.8. The molecule has 0 spiro atoms. The summed E-state index contributed by atoms with van der Waals surface area (Å²) in [5.41, 5.74) is -9.77. The molecule has 0 bridgehead atoms. The minimum Gasteiger partial charge on any atom is -0.256 e. The predicted molar refractivity (Wildman–Crippen MR) is 166 cm³/mol. The van der Waals surface area contributed by atoms with E-state index in [1.807, 2.05) is 0 Å². The summed E-state index contributed by atoms with van der Waals surface area (Å²) in [7, 11) is 0. The summed E-state index contributed by atoms with van der Waals surface area (Å²) in [4.78, 5) is 25.7. The smallest absolute Gasteiger partial charge is 0.256 e. The van der Waals surface area contributed by atoms with Gasteiger partial charge in [0.1, 0.15) is 11.6 Å². The van der Waals surface area contributed by atoms with Crippen LogP contribution in [0.15, 0.2) is 12.4 Å². The van der Waals surface area contributed by atoms with Gasteiger partial charge in [-0.3, -0.25) is 9.97 Å². The third-order valence-electron chi connectivity index (χ3n) is 8.71. The standard InChI is InChI=1S/C36H6F8N10/c1-48-16(7-46)20-11-4-14-34(53-18(9-51-14)24-28(39)26(37)13(6-45)27(38)29(24)40)21(11)23(17(8-47)49-2)22-12(20)5-15-35(22)54-19(10-52-15)25-30(41)32(43)36(50-3)33(44)31(25)42/h9-10H,4-5H2/b20-16-,23-17-. The van der Waals surface area contributed by atoms with E-state index in [0.717, 1.165) is 18.5 Å². The number of nitriles is 3. The monoisotopic (exact) mass is 730 g/mol. The van der Waals surface area contributed by atoms with Crippen LogP contribution in [-0.4, -0.2) is 19.9 Å². The summed E-state index contributed by atoms with van der Waals surface area (Å²) in [6.45, 7) is 22.4. The Bertz CT molecular complexity index is 2810. The summed E-state index contributed by atoms with van der Waals surface area (Å²) in [6.07, 6.45) is 0.954. The number of benzene rings is 3. The van der Waals surface area contributed by atoms with Crippen molar-refractivity contribution in [2.75, 3.05) is 0 Å². The van der Waals surface area contributed by atoms with Gasteiger partial charge in [-0.2, -0.15) is 5.26 Å². The van der Waals surface area contributed by atoms with Crippen LogP contribution in [0.1, 0.15) is 28.1 Å². The number of aromatic nitrogens is 4. The van der Waals surface area contributed by atoms with Gasteiger partial charge in [0, 0.05) is 34.4 Å². The minimum absolute atomic E-state index is 0.0169. The Morgan fingerprint density at radius 2 is 0.981 bits per heavy atom. The fourth-order valence-electron chi connectivity index (χ4n) is 6.49. The first kappa shape index (κ1) is 34.4. The van der Waals surface area contributed by atoms with Crippen LogP contribution in [0, 0.1) is 100 Å². The lowest BCUT2D eigenvalue weighted by Crippen LogP contribution is -2.26. The van der Waals surface area contributed by atoms with E-state index in [4.69, 9.17) is 25.0 Å². The van der Waals surface area contributed by atoms with Crippen LogP contribution in [0.2, 0.25) is 0 Å². The lowest BCUT2D eigenvalue weighted by molar-refractivity contribution is 0.454. The van der Waals surface area contributed by atoms with E-state index in [2.05, 4.69) is 34.5 Å². The van der Waals surface area contributed by atoms with Gasteiger partial charge in [-0.1, -0.05) is 0 Å². The SMILES string of the molecule is [C-]#[N+]/C(C#N)=c1/c2c(/c(=C(\C#N)[N+]#[C-])c3c1Cc1ncc(-c4c(F)c(F)c([N+]#[C-])c(F)c4F)nc1-3)-c1nc(-c3c(F)c(F)c(C#N)c(F)c3F)cnc1C2. The molecule has 0 unspecified atom stereocenters. The number of rotatable bonds is 2. The molecular formula is C36H6F8N10. The van der Waals surface area contributed by atoms with Crippen LogP contribution < -0.4 is 10.4 Å². The molecule has 256 valence electrons. The molecule has 0 aliphatic heterocycles. The fourth-order valence-corrected chi connectivity index (χ4v) is 6.49. The van der Waals surface area contributed by atoms with Crippen LogP contribution >= 0.6 is 0 Å². The highest BCUT2D eigenvalue weighted by Gasteiger charge is 2.37. The largest absolute Gasteiger partial charge is 0.270 e. The Hall–Kier alpha value is -8.06. The molecule has 3 aromatic carbocycles. The highest BCUT2D eigenvalue weighted by molar-refractivity contribution is 5.91. The lowest BCUT2D eigenvalue weighted by atomic mass is 9.92. The molecule has 54 heavy (non-hydrogen) atoms. The topological polar surface area (TPSA) is 136 Å². The summed E-state index contributed by atoms with van der Waals surface area (Å²) in [6, 6.07) is 4.45. The number of hydrogen-bond donors (Lipinski definition) is 0. The second-order valence-corrected chi connectivity index (χ2v) is 11.3. The molecule has 10 nitrogen and oxygen atoms in total. The maximum absolute atomic E-state index is 15.2. The summed E-state index contributed by atoms with van der Waals surface area (Å²) in [5.74, 6) is -16.1. The Morgan fingerprint density at radius 1 is 0.574 bits per heavy atom. The van der Waals surface area contributed by atoms with Crippen molar-refractivity contribution in [1.29, 1.82) is 15.8 Å². The molecule has 0 saturated heterocycles. The average Bonchev–Trinajstić information content (AvgIpc) is 3.74. The zero-order chi connectivity index (χ0) is 38.9. The highest BCUT2D eigenvalue weighted by atomic mass is 19.2. The van der Waals surface area contributed by atoms with Crippen molar-refractivity contribution in [3.63, 3.8) is 0 Å². The van der Waals surface area contributed by atoms with E-state index in [-0.39, 0.29) is 68.3 Å². The Balaban J connectivity index is 1.63. The van der Waals surface area contributed by atoms with Gasteiger partial charge in [-0.05, 0) is 11.1 Å². The van der Waals surface area contributed by atoms with E-state index in [1.165, 1.54) is 0 Å². The van der Waals surface area contributed by atoms with Crippen molar-refractivity contribution in [2.45, 2.75) is 12.8 Å². The van der Waals surface area contributed by atoms with Gasteiger partial charge in [0.05, 0.1) is 89.5 Å². The third-order valence-corrected chi connectivity index (χ3v) is 8.71. The molecule has 0 radical (unpaired) electrons. The Kier molecular flexibility index (Phi) is 7.84. The number of nitrogens with zero attached hydrogens (tertiary/aromatic N) is 10. The Labute approximate surface area is 295 Å². The molecule has 0 saturated carbocycles. The molecule has 0 fully saturated rings. The molecule has 2 heterocycles. The second-order valence-electron chi connectivity index (χ2n) is 11.3. The van der Waals surface area contributed by atoms with Gasteiger partial charge in [0.2, 0.25) is 0 Å². The molecule has 18 heteroatoms. The van der Waals surface area contributed by atoms with Gasteiger partial charge in [0.15, 0.2) is 46.5 Å². The first-order valence-corrected chi connectivity index (χ1v) is 14.6. The van der Waals surface area contributed by atoms with Crippen LogP contribution in [0.25, 0.3) is 71.0 Å². The molecule has 0 atom stereocenters. The fraction of sp³-hybridized carbons (Fsp3) is 0.0556. The Morgan fingerprint density at radius 3 is 1.35 bits per heavy atom. The van der Waals surface area contributed by atoms with Gasteiger partial charge < -0.3 is 0 Å². The summed E-state index contributed by atoms with van der Waals surface area (Å²) in [5, 5.41) is 28.7. The number of halogens is 8. The van der Waals surface area contributed by atoms with E-state index < -0.39 is 91.7 Å². The number of hydrogen-bond acceptors (Lipinski definition) is 7. The van der Waals surface area contributed by atoms with E-state index in [0.29, 0.717) is 0 Å². The molecule has 2 aliphatic carbocycles. The van der Waals surface area contributed by atoms with Crippen molar-refractivity contribution in [1.82, 2.24) is 19.9 Å². The highest BCUT2D eigenvalue weighted by Crippen LogP contribution is 2.42. The number of fused-ring (bicyclic) bond motifs is 6.